The maximum absolute atomic E-state index is 12.8. The molecule has 0 unspecified atom stereocenters. The minimum absolute atomic E-state index is 0.124. The van der Waals surface area contributed by atoms with Crippen LogP contribution in [0.2, 0.25) is 10.0 Å². The van der Waals surface area contributed by atoms with Gasteiger partial charge in [0.1, 0.15) is 10.8 Å². The number of hydrogen-bond acceptors (Lipinski definition) is 6. The average Bonchev–Trinajstić information content (AvgIpc) is 3.14. The van der Waals surface area contributed by atoms with Crippen molar-refractivity contribution in [2.75, 3.05) is 25.6 Å². The van der Waals surface area contributed by atoms with Gasteiger partial charge in [-0.25, -0.2) is 4.79 Å². The molecule has 1 aromatic heterocycles. The smallest absolute Gasteiger partial charge is 0.341 e. The van der Waals surface area contributed by atoms with Crippen molar-refractivity contribution in [3.63, 3.8) is 0 Å². The average molecular weight is 521 g/mol. The highest BCUT2D eigenvalue weighted by molar-refractivity contribution is 7.18. The van der Waals surface area contributed by atoms with E-state index >= 15 is 0 Å². The Morgan fingerprint density at radius 2 is 1.79 bits per heavy atom. The number of thiophene rings is 1. The Bertz CT molecular complexity index is 1200. The number of amides is 2. The molecule has 0 aliphatic rings. The number of halogens is 2. The monoisotopic (exact) mass is 520 g/mol. The number of carbonyl (C=O) groups is 3. The molecular formula is C24H22Cl2N2O5S. The Morgan fingerprint density at radius 3 is 2.47 bits per heavy atom. The maximum Gasteiger partial charge on any atom is 0.341 e. The largest absolute Gasteiger partial charge is 0.482 e. The fraction of sp³-hybridized carbons (Fsp3) is 0.208. The molecular weight excluding hydrogens is 499 g/mol. The minimum atomic E-state index is -0.658. The van der Waals surface area contributed by atoms with Crippen molar-refractivity contribution in [2.45, 2.75) is 13.3 Å². The number of anilines is 1. The molecule has 1 heterocycles. The molecule has 0 bridgehead atoms. The van der Waals surface area contributed by atoms with E-state index in [0.29, 0.717) is 28.4 Å². The first-order valence-corrected chi connectivity index (χ1v) is 11.8. The van der Waals surface area contributed by atoms with Crippen LogP contribution in [0.3, 0.4) is 0 Å². The quantitative estimate of drug-likeness (QED) is 0.381. The first-order chi connectivity index (χ1) is 16.3. The van der Waals surface area contributed by atoms with E-state index in [-0.39, 0.29) is 33.9 Å². The Hall–Kier alpha value is -3.07. The van der Waals surface area contributed by atoms with E-state index in [0.717, 1.165) is 16.9 Å². The fourth-order valence-corrected chi connectivity index (χ4v) is 4.70. The highest BCUT2D eigenvalue weighted by atomic mass is 35.5. The fourth-order valence-electron chi connectivity index (χ4n) is 3.11. The molecule has 0 aliphatic carbocycles. The Balaban J connectivity index is 1.69. The van der Waals surface area contributed by atoms with Gasteiger partial charge in [-0.3, -0.25) is 9.59 Å². The standard InChI is InChI=1S/C24H22Cl2N2O5S/c1-14-20(24(31)32-2)23(28-19(29)13-33-18-9-8-16(25)12-17(18)26)34-21(14)22(30)27-11-10-15-6-4-3-5-7-15/h3-9,12H,10-11,13H2,1-2H3,(H,27,30)(H,28,29). The van der Waals surface area contributed by atoms with Crippen molar-refractivity contribution in [3.8, 4) is 5.75 Å². The lowest BCUT2D eigenvalue weighted by Gasteiger charge is -2.09. The number of carbonyl (C=O) groups excluding carboxylic acids is 3. The van der Waals surface area contributed by atoms with Crippen molar-refractivity contribution in [1.82, 2.24) is 5.32 Å². The van der Waals surface area contributed by atoms with Crippen molar-refractivity contribution < 1.29 is 23.9 Å². The summed E-state index contributed by atoms with van der Waals surface area (Å²) in [7, 11) is 1.23. The van der Waals surface area contributed by atoms with Crippen molar-refractivity contribution >= 4 is 57.3 Å². The third kappa shape index (κ3) is 6.50. The maximum atomic E-state index is 12.8. The van der Waals surface area contributed by atoms with E-state index in [1.807, 2.05) is 30.3 Å². The molecule has 0 saturated carbocycles. The molecule has 0 radical (unpaired) electrons. The van der Waals surface area contributed by atoms with Gasteiger partial charge >= 0.3 is 5.97 Å². The third-order valence-electron chi connectivity index (χ3n) is 4.79. The van der Waals surface area contributed by atoms with E-state index in [1.165, 1.54) is 13.2 Å². The van der Waals surface area contributed by atoms with Crippen LogP contribution >= 0.6 is 34.5 Å². The second-order valence-corrected chi connectivity index (χ2v) is 9.02. The van der Waals surface area contributed by atoms with Crippen molar-refractivity contribution in [2.24, 2.45) is 0 Å². The summed E-state index contributed by atoms with van der Waals surface area (Å²) < 4.78 is 10.3. The van der Waals surface area contributed by atoms with Crippen LogP contribution in [0.15, 0.2) is 48.5 Å². The normalized spacial score (nSPS) is 10.5. The van der Waals surface area contributed by atoms with Crippen LogP contribution in [0, 0.1) is 6.92 Å². The van der Waals surface area contributed by atoms with Gasteiger partial charge in [0.25, 0.3) is 11.8 Å². The molecule has 0 atom stereocenters. The van der Waals surface area contributed by atoms with Gasteiger partial charge in [0, 0.05) is 11.6 Å². The second kappa shape index (κ2) is 11.9. The summed E-state index contributed by atoms with van der Waals surface area (Å²) in [6, 6.07) is 14.4. The summed E-state index contributed by atoms with van der Waals surface area (Å²) in [6.45, 7) is 1.69. The molecule has 0 saturated heterocycles. The van der Waals surface area contributed by atoms with Crippen LogP contribution in [0.25, 0.3) is 0 Å². The summed E-state index contributed by atoms with van der Waals surface area (Å²) in [4.78, 5) is 38.0. The number of rotatable bonds is 9. The van der Waals surface area contributed by atoms with E-state index < -0.39 is 11.9 Å². The molecule has 2 amide bonds. The molecule has 3 aromatic rings. The van der Waals surface area contributed by atoms with Crippen LogP contribution in [0.1, 0.15) is 31.2 Å². The van der Waals surface area contributed by atoms with Gasteiger partial charge in [0.2, 0.25) is 0 Å². The molecule has 0 fully saturated rings. The van der Waals surface area contributed by atoms with Gasteiger partial charge in [0.15, 0.2) is 6.61 Å². The number of methoxy groups -OCH3 is 1. The summed E-state index contributed by atoms with van der Waals surface area (Å²) in [5.41, 5.74) is 1.64. The van der Waals surface area contributed by atoms with E-state index in [4.69, 9.17) is 32.7 Å². The van der Waals surface area contributed by atoms with Crippen molar-refractivity contribution in [1.29, 1.82) is 0 Å². The Morgan fingerprint density at radius 1 is 1.06 bits per heavy atom. The molecule has 2 N–H and O–H groups in total. The van der Waals surface area contributed by atoms with Crippen LogP contribution in [-0.2, 0) is 16.0 Å². The molecule has 0 aliphatic heterocycles. The number of ether oxygens (including phenoxy) is 2. The third-order valence-corrected chi connectivity index (χ3v) is 6.53. The van der Waals surface area contributed by atoms with Gasteiger partial charge in [-0.1, -0.05) is 53.5 Å². The first-order valence-electron chi connectivity index (χ1n) is 10.2. The van der Waals surface area contributed by atoms with E-state index in [9.17, 15) is 14.4 Å². The van der Waals surface area contributed by atoms with Crippen LogP contribution in [0.5, 0.6) is 5.75 Å². The molecule has 2 aromatic carbocycles. The Kier molecular flexibility index (Phi) is 8.92. The van der Waals surface area contributed by atoms with Crippen LogP contribution < -0.4 is 15.4 Å². The van der Waals surface area contributed by atoms with Gasteiger partial charge in [-0.05, 0) is 42.7 Å². The molecule has 0 spiro atoms. The SMILES string of the molecule is COC(=O)c1c(NC(=O)COc2ccc(Cl)cc2Cl)sc(C(=O)NCCc2ccccc2)c1C. The molecule has 7 nitrogen and oxygen atoms in total. The number of esters is 1. The van der Waals surface area contributed by atoms with Gasteiger partial charge in [-0.15, -0.1) is 11.3 Å². The zero-order valence-corrected chi connectivity index (χ0v) is 20.8. The molecule has 3 rings (SSSR count). The highest BCUT2D eigenvalue weighted by Crippen LogP contribution is 2.34. The van der Waals surface area contributed by atoms with Crippen LogP contribution in [-0.4, -0.2) is 38.0 Å². The summed E-state index contributed by atoms with van der Waals surface area (Å²) in [5.74, 6) is -1.24. The number of benzene rings is 2. The minimum Gasteiger partial charge on any atom is -0.482 e. The van der Waals surface area contributed by atoms with Gasteiger partial charge in [-0.2, -0.15) is 0 Å². The summed E-state index contributed by atoms with van der Waals surface area (Å²) in [6.07, 6.45) is 0.662. The molecule has 34 heavy (non-hydrogen) atoms. The summed E-state index contributed by atoms with van der Waals surface area (Å²) >= 11 is 12.9. The summed E-state index contributed by atoms with van der Waals surface area (Å²) in [5, 5.41) is 6.38. The Labute approximate surface area is 211 Å². The number of nitrogens with one attached hydrogen (secondary N) is 2. The lowest BCUT2D eigenvalue weighted by molar-refractivity contribution is -0.118. The topological polar surface area (TPSA) is 93.7 Å². The van der Waals surface area contributed by atoms with Gasteiger partial charge < -0.3 is 20.1 Å². The molecule has 178 valence electrons. The lowest BCUT2D eigenvalue weighted by Crippen LogP contribution is -2.25. The van der Waals surface area contributed by atoms with E-state index in [1.54, 1.807) is 19.1 Å². The molecule has 10 heteroatoms. The van der Waals surface area contributed by atoms with Crippen LogP contribution in [0.4, 0.5) is 5.00 Å². The number of hydrogen-bond donors (Lipinski definition) is 2. The lowest BCUT2D eigenvalue weighted by atomic mass is 10.1. The van der Waals surface area contributed by atoms with Crippen molar-refractivity contribution in [3.05, 3.63) is 80.1 Å². The predicted molar refractivity (Wildman–Crippen MR) is 133 cm³/mol. The highest BCUT2D eigenvalue weighted by Gasteiger charge is 2.26. The predicted octanol–water partition coefficient (Wildman–Crippen LogP) is 5.14. The van der Waals surface area contributed by atoms with Gasteiger partial charge in [0.05, 0.1) is 22.6 Å². The second-order valence-electron chi connectivity index (χ2n) is 7.15. The first kappa shape index (κ1) is 25.6. The van der Waals surface area contributed by atoms with E-state index in [2.05, 4.69) is 10.6 Å². The zero-order chi connectivity index (χ0) is 24.7. The zero-order valence-electron chi connectivity index (χ0n) is 18.4.